The molecule has 0 spiro atoms. The van der Waals surface area contributed by atoms with Gasteiger partial charge in [0.05, 0.1) is 12.5 Å². The Bertz CT molecular complexity index is 1060. The average molecular weight is 588 g/mol. The number of carbonyl (C=O) groups is 3. The van der Waals surface area contributed by atoms with Crippen LogP contribution < -0.4 is 9.64 Å². The number of hydrogen-bond donors (Lipinski definition) is 0. The molecule has 2 heterocycles. The number of piperidine rings is 1. The monoisotopic (exact) mass is 587 g/mol. The minimum Gasteiger partial charge on any atom is -0.493 e. The number of aromatic nitrogens is 1. The average Bonchev–Trinajstić information content (AvgIpc) is 3.76. The summed E-state index contributed by atoms with van der Waals surface area (Å²) in [6.45, 7) is 17.8. The Morgan fingerprint density at radius 3 is 2.33 bits per heavy atom. The summed E-state index contributed by atoms with van der Waals surface area (Å²) in [5.74, 6) is 0.818. The zero-order chi connectivity index (χ0) is 31.0. The van der Waals surface area contributed by atoms with Crippen LogP contribution in [-0.4, -0.2) is 72.2 Å². The second-order valence-corrected chi connectivity index (χ2v) is 13.2. The first kappa shape index (κ1) is 33.8. The van der Waals surface area contributed by atoms with E-state index >= 15 is 0 Å². The lowest BCUT2D eigenvalue weighted by molar-refractivity contribution is -0.130. The third-order valence-corrected chi connectivity index (χ3v) is 7.77. The Morgan fingerprint density at radius 1 is 1.07 bits per heavy atom. The fourth-order valence-electron chi connectivity index (χ4n) is 5.75. The number of Topliss-reactive ketones (excluding diaryl/α,β-unsaturated/α-hetero) is 1. The number of hydrogen-bond acceptors (Lipinski definition) is 7. The van der Waals surface area contributed by atoms with Gasteiger partial charge < -0.3 is 19.1 Å². The van der Waals surface area contributed by atoms with Gasteiger partial charge in [0.25, 0.3) is 0 Å². The van der Waals surface area contributed by atoms with Gasteiger partial charge in [-0.15, -0.1) is 0 Å². The smallest absolute Gasteiger partial charge is 0.410 e. The Labute approximate surface area is 252 Å². The number of carbonyl (C=O) groups excluding carboxylic acids is 3. The molecule has 2 fully saturated rings. The third-order valence-electron chi connectivity index (χ3n) is 7.77. The van der Waals surface area contributed by atoms with E-state index in [1.54, 1.807) is 16.0 Å². The molecule has 0 N–H and O–H groups in total. The molecule has 2 amide bonds. The van der Waals surface area contributed by atoms with Crippen LogP contribution in [0, 0.1) is 23.7 Å². The highest BCUT2D eigenvalue weighted by molar-refractivity contribution is 5.96. The van der Waals surface area contributed by atoms with Gasteiger partial charge >= 0.3 is 6.09 Å². The number of ketones is 1. The fraction of sp³-hybridized carbons (Fsp3) is 0.758. The third kappa shape index (κ3) is 9.68. The van der Waals surface area contributed by atoms with E-state index in [-0.39, 0.29) is 36.7 Å². The molecule has 1 aliphatic heterocycles. The molecule has 1 aromatic rings. The van der Waals surface area contributed by atoms with Crippen LogP contribution in [0.3, 0.4) is 0 Å². The Kier molecular flexibility index (Phi) is 12.2. The molecule has 0 bridgehead atoms. The van der Waals surface area contributed by atoms with Gasteiger partial charge in [-0.2, -0.15) is 0 Å². The van der Waals surface area contributed by atoms with Crippen molar-refractivity contribution in [2.24, 2.45) is 23.7 Å². The first-order chi connectivity index (χ1) is 19.9. The van der Waals surface area contributed by atoms with Crippen molar-refractivity contribution in [1.29, 1.82) is 0 Å². The maximum Gasteiger partial charge on any atom is 0.410 e. The van der Waals surface area contributed by atoms with E-state index in [0.29, 0.717) is 44.4 Å². The molecular formula is C33H53N3O6. The van der Waals surface area contributed by atoms with Crippen molar-refractivity contribution < 1.29 is 28.6 Å². The second-order valence-electron chi connectivity index (χ2n) is 13.2. The van der Waals surface area contributed by atoms with Gasteiger partial charge in [0.1, 0.15) is 23.0 Å². The molecule has 2 aliphatic rings. The molecule has 236 valence electrons. The molecule has 0 aromatic carbocycles. The van der Waals surface area contributed by atoms with E-state index < -0.39 is 23.5 Å². The highest BCUT2D eigenvalue weighted by Crippen LogP contribution is 2.37. The highest BCUT2D eigenvalue weighted by atomic mass is 16.6. The molecule has 1 saturated carbocycles. The molecule has 9 heteroatoms. The maximum absolute atomic E-state index is 14.3. The van der Waals surface area contributed by atoms with Crippen molar-refractivity contribution in [2.75, 3.05) is 37.8 Å². The van der Waals surface area contributed by atoms with Gasteiger partial charge in [0.2, 0.25) is 5.91 Å². The molecule has 0 unspecified atom stereocenters. The van der Waals surface area contributed by atoms with E-state index in [9.17, 15) is 14.4 Å². The predicted octanol–water partition coefficient (Wildman–Crippen LogP) is 6.07. The Morgan fingerprint density at radius 2 is 1.76 bits per heavy atom. The molecule has 1 aliphatic carbocycles. The molecule has 3 rings (SSSR count). The first-order valence-corrected chi connectivity index (χ1v) is 15.9. The van der Waals surface area contributed by atoms with Gasteiger partial charge in [-0.05, 0) is 78.6 Å². The van der Waals surface area contributed by atoms with Crippen molar-refractivity contribution in [3.63, 3.8) is 0 Å². The van der Waals surface area contributed by atoms with E-state index in [1.807, 2.05) is 47.6 Å². The summed E-state index contributed by atoms with van der Waals surface area (Å²) in [6.07, 6.45) is 5.51. The zero-order valence-corrected chi connectivity index (χ0v) is 27.1. The lowest BCUT2D eigenvalue weighted by Crippen LogP contribution is -2.52. The van der Waals surface area contributed by atoms with E-state index in [2.05, 4.69) is 18.8 Å². The summed E-state index contributed by atoms with van der Waals surface area (Å²) >= 11 is 0. The standard InChI is InChI=1S/C33H53N3O6/c1-9-24-18-34-30(17-29(24)41-11-3)36(27-12-13-27)31(38)26-16-25(19-35(20-26)32(39)42-33(6,7)8)28(37)15-23(14-22(4)5)21-40-10-2/h17-18,22-23,25-27H,9-16,19-21H2,1-8H3/t23-,25-,26+/m0/s1. The summed E-state index contributed by atoms with van der Waals surface area (Å²) in [4.78, 5) is 49.3. The number of likely N-dealkylation sites (tertiary alicyclic amines) is 1. The second kappa shape index (κ2) is 15.2. The van der Waals surface area contributed by atoms with Gasteiger partial charge in [0, 0.05) is 62.5 Å². The molecule has 1 saturated heterocycles. The van der Waals surface area contributed by atoms with E-state index in [4.69, 9.17) is 14.2 Å². The quantitative estimate of drug-likeness (QED) is 0.261. The zero-order valence-electron chi connectivity index (χ0n) is 27.1. The molecule has 1 aromatic heterocycles. The van der Waals surface area contributed by atoms with Crippen molar-refractivity contribution in [2.45, 2.75) is 106 Å². The van der Waals surface area contributed by atoms with Crippen molar-refractivity contribution >= 4 is 23.6 Å². The van der Waals surface area contributed by atoms with Crippen LogP contribution in [0.4, 0.5) is 10.6 Å². The molecule has 0 radical (unpaired) electrons. The number of nitrogens with zero attached hydrogens (tertiary/aromatic N) is 3. The number of amides is 2. The van der Waals surface area contributed by atoms with Gasteiger partial charge in [0.15, 0.2) is 0 Å². The van der Waals surface area contributed by atoms with Crippen LogP contribution >= 0.6 is 0 Å². The SMILES string of the molecule is CCOC[C@H](CC(=O)[C@H]1C[C@@H](C(=O)N(c2cc(OCC)c(CC)cn2)C2CC2)CN(C(=O)OC(C)(C)C)C1)CC(C)C. The molecule has 9 nitrogen and oxygen atoms in total. The van der Waals surface area contributed by atoms with Crippen LogP contribution in [0.1, 0.15) is 93.1 Å². The summed E-state index contributed by atoms with van der Waals surface area (Å²) in [6, 6.07) is 1.92. The molecular weight excluding hydrogens is 534 g/mol. The Hall–Kier alpha value is -2.68. The topological polar surface area (TPSA) is 98.3 Å². The number of pyridine rings is 1. The summed E-state index contributed by atoms with van der Waals surface area (Å²) in [5, 5.41) is 0. The van der Waals surface area contributed by atoms with Crippen LogP contribution in [0.2, 0.25) is 0 Å². The number of ether oxygens (including phenoxy) is 3. The van der Waals surface area contributed by atoms with Gasteiger partial charge in [-0.3, -0.25) is 14.5 Å². The minimum atomic E-state index is -0.686. The number of anilines is 1. The summed E-state index contributed by atoms with van der Waals surface area (Å²) in [5.41, 5.74) is 0.305. The Balaban J connectivity index is 1.89. The number of aryl methyl sites for hydroxylation is 1. The van der Waals surface area contributed by atoms with Gasteiger partial charge in [-0.25, -0.2) is 9.78 Å². The van der Waals surface area contributed by atoms with Crippen molar-refractivity contribution in [3.8, 4) is 5.75 Å². The lowest BCUT2D eigenvalue weighted by Gasteiger charge is -2.39. The summed E-state index contributed by atoms with van der Waals surface area (Å²) in [7, 11) is 0. The highest BCUT2D eigenvalue weighted by Gasteiger charge is 2.44. The number of rotatable bonds is 14. The normalized spacial score (nSPS) is 19.9. The van der Waals surface area contributed by atoms with Crippen LogP contribution in [0.15, 0.2) is 12.3 Å². The van der Waals surface area contributed by atoms with Crippen molar-refractivity contribution in [3.05, 3.63) is 17.8 Å². The van der Waals surface area contributed by atoms with Crippen LogP contribution in [0.25, 0.3) is 0 Å². The summed E-state index contributed by atoms with van der Waals surface area (Å²) < 4.78 is 17.3. The predicted molar refractivity (Wildman–Crippen MR) is 164 cm³/mol. The van der Waals surface area contributed by atoms with E-state index in [0.717, 1.165) is 37.0 Å². The van der Waals surface area contributed by atoms with Crippen LogP contribution in [-0.2, 0) is 25.5 Å². The van der Waals surface area contributed by atoms with Crippen LogP contribution in [0.5, 0.6) is 5.75 Å². The first-order valence-electron chi connectivity index (χ1n) is 15.9. The largest absolute Gasteiger partial charge is 0.493 e. The lowest BCUT2D eigenvalue weighted by atomic mass is 9.81. The fourth-order valence-corrected chi connectivity index (χ4v) is 5.75. The molecule has 42 heavy (non-hydrogen) atoms. The minimum absolute atomic E-state index is 0.0552. The van der Waals surface area contributed by atoms with E-state index in [1.165, 1.54) is 0 Å². The van der Waals surface area contributed by atoms with Gasteiger partial charge in [-0.1, -0.05) is 20.8 Å². The molecule has 3 atom stereocenters. The van der Waals surface area contributed by atoms with Crippen molar-refractivity contribution in [1.82, 2.24) is 9.88 Å². The maximum atomic E-state index is 14.3.